The van der Waals surface area contributed by atoms with Crippen molar-refractivity contribution < 1.29 is 13.9 Å². The fourth-order valence-corrected chi connectivity index (χ4v) is 1.06. The molecule has 0 rings (SSSR count). The molecule has 14 heavy (non-hydrogen) atoms. The van der Waals surface area contributed by atoms with Crippen molar-refractivity contribution in [1.82, 2.24) is 5.32 Å². The van der Waals surface area contributed by atoms with Crippen molar-refractivity contribution in [1.29, 1.82) is 0 Å². The average molecular weight is 274 g/mol. The van der Waals surface area contributed by atoms with Crippen LogP contribution >= 0.6 is 15.9 Å². The van der Waals surface area contributed by atoms with E-state index >= 15 is 0 Å². The van der Waals surface area contributed by atoms with E-state index in [-0.39, 0.29) is 6.42 Å². The Balaban J connectivity index is 3.78. The Morgan fingerprint density at radius 3 is 2.29 bits per heavy atom. The van der Waals surface area contributed by atoms with Gasteiger partial charge in [-0.1, -0.05) is 13.8 Å². The van der Waals surface area contributed by atoms with Gasteiger partial charge in [-0.15, -0.1) is 0 Å². The molecule has 86 valence electrons. The van der Waals surface area contributed by atoms with Crippen LogP contribution in [0.4, 0.5) is 8.78 Å². The van der Waals surface area contributed by atoms with Crippen molar-refractivity contribution in [2.24, 2.45) is 5.92 Å². The number of nitrogens with one attached hydrogen (secondary N) is 1. The fourth-order valence-electron chi connectivity index (χ4n) is 0.864. The van der Waals surface area contributed by atoms with Gasteiger partial charge >= 0.3 is 4.83 Å². The molecule has 5 heteroatoms. The third-order valence-electron chi connectivity index (χ3n) is 1.95. The monoisotopic (exact) mass is 273 g/mol. The molecule has 1 atom stereocenters. The Kier molecular flexibility index (Phi) is 5.47. The topological polar surface area (TPSA) is 32.3 Å². The second kappa shape index (κ2) is 5.37. The number of hydrogen-bond donors (Lipinski definition) is 2. The van der Waals surface area contributed by atoms with E-state index in [1.165, 1.54) is 0 Å². The standard InChI is InChI=1S/C9H18BrF2NO/c1-7(2)6-13-5-4-8(3,14)9(10,11)12/h7,13-14H,4-6H2,1-3H3. The van der Waals surface area contributed by atoms with Crippen LogP contribution < -0.4 is 5.32 Å². The highest BCUT2D eigenvalue weighted by Gasteiger charge is 2.45. The van der Waals surface area contributed by atoms with Gasteiger partial charge in [0.25, 0.3) is 0 Å². The molecule has 0 fully saturated rings. The SMILES string of the molecule is CC(C)CNCCC(C)(O)C(F)(F)Br. The van der Waals surface area contributed by atoms with Crippen molar-refractivity contribution >= 4 is 15.9 Å². The van der Waals surface area contributed by atoms with E-state index in [2.05, 4.69) is 21.2 Å². The maximum Gasteiger partial charge on any atom is 0.329 e. The summed E-state index contributed by atoms with van der Waals surface area (Å²) >= 11 is 2.17. The van der Waals surface area contributed by atoms with Gasteiger partial charge in [0.1, 0.15) is 5.60 Å². The summed E-state index contributed by atoms with van der Waals surface area (Å²) in [6.45, 7) is 6.34. The first-order valence-electron chi connectivity index (χ1n) is 4.66. The first-order chi connectivity index (χ1) is 6.17. The van der Waals surface area contributed by atoms with Gasteiger partial charge in [-0.05, 0) is 48.3 Å². The van der Waals surface area contributed by atoms with E-state index in [1.54, 1.807) is 0 Å². The molecular formula is C9H18BrF2NO. The first kappa shape index (κ1) is 14.3. The molecule has 0 heterocycles. The fraction of sp³-hybridized carbons (Fsp3) is 1.00. The van der Waals surface area contributed by atoms with Gasteiger partial charge in [0, 0.05) is 0 Å². The lowest BCUT2D eigenvalue weighted by atomic mass is 10.0. The van der Waals surface area contributed by atoms with Crippen LogP contribution in [0.15, 0.2) is 0 Å². The van der Waals surface area contributed by atoms with Crippen molar-refractivity contribution in [2.45, 2.75) is 37.6 Å². The minimum absolute atomic E-state index is 0.0119. The van der Waals surface area contributed by atoms with Crippen LogP contribution in [0.2, 0.25) is 0 Å². The second-order valence-corrected chi connectivity index (χ2v) is 5.12. The molecule has 0 aromatic carbocycles. The number of alkyl halides is 3. The first-order valence-corrected chi connectivity index (χ1v) is 5.46. The third kappa shape index (κ3) is 5.22. The number of aliphatic hydroxyl groups is 1. The molecule has 1 unspecified atom stereocenters. The summed E-state index contributed by atoms with van der Waals surface area (Å²) in [6, 6.07) is 0. The normalized spacial score (nSPS) is 17.1. The van der Waals surface area contributed by atoms with Gasteiger partial charge in [0.05, 0.1) is 0 Å². The van der Waals surface area contributed by atoms with E-state index in [1.807, 2.05) is 13.8 Å². The molecule has 0 aliphatic heterocycles. The maximum absolute atomic E-state index is 12.7. The summed E-state index contributed by atoms with van der Waals surface area (Å²) in [6.07, 6.45) is 0.0119. The molecule has 0 aromatic rings. The van der Waals surface area contributed by atoms with Crippen LogP contribution in [0, 0.1) is 5.92 Å². The quantitative estimate of drug-likeness (QED) is 0.575. The van der Waals surface area contributed by atoms with Crippen molar-refractivity contribution in [3.8, 4) is 0 Å². The predicted molar refractivity (Wildman–Crippen MR) is 56.8 cm³/mol. The highest BCUT2D eigenvalue weighted by Crippen LogP contribution is 2.36. The van der Waals surface area contributed by atoms with Gasteiger partial charge in [0.2, 0.25) is 0 Å². The highest BCUT2D eigenvalue weighted by molar-refractivity contribution is 9.10. The van der Waals surface area contributed by atoms with E-state index in [0.29, 0.717) is 12.5 Å². The number of halogens is 3. The summed E-state index contributed by atoms with van der Waals surface area (Å²) in [5.41, 5.74) is -2.00. The number of rotatable bonds is 6. The molecule has 2 N–H and O–H groups in total. The van der Waals surface area contributed by atoms with Crippen LogP contribution in [0.1, 0.15) is 27.2 Å². The lowest BCUT2D eigenvalue weighted by molar-refractivity contribution is -0.107. The lowest BCUT2D eigenvalue weighted by Crippen LogP contribution is -2.43. The van der Waals surface area contributed by atoms with Gasteiger partial charge < -0.3 is 10.4 Å². The van der Waals surface area contributed by atoms with Crippen molar-refractivity contribution in [3.05, 3.63) is 0 Å². The summed E-state index contributed by atoms with van der Waals surface area (Å²) in [7, 11) is 0. The highest BCUT2D eigenvalue weighted by atomic mass is 79.9. The molecule has 0 spiro atoms. The molecule has 0 bridgehead atoms. The predicted octanol–water partition coefficient (Wildman–Crippen LogP) is 2.36. The van der Waals surface area contributed by atoms with E-state index in [9.17, 15) is 13.9 Å². The minimum Gasteiger partial charge on any atom is -0.383 e. The van der Waals surface area contributed by atoms with Crippen molar-refractivity contribution in [3.63, 3.8) is 0 Å². The molecule has 0 saturated heterocycles. The molecule has 2 nitrogen and oxygen atoms in total. The molecule has 0 saturated carbocycles. The Morgan fingerprint density at radius 2 is 1.93 bits per heavy atom. The van der Waals surface area contributed by atoms with Crippen LogP contribution in [-0.2, 0) is 0 Å². The van der Waals surface area contributed by atoms with E-state index in [4.69, 9.17) is 0 Å². The third-order valence-corrected chi connectivity index (χ3v) is 2.81. The summed E-state index contributed by atoms with van der Waals surface area (Å²) in [5.74, 6) is 0.476. The summed E-state index contributed by atoms with van der Waals surface area (Å²) < 4.78 is 25.4. The zero-order valence-corrected chi connectivity index (χ0v) is 10.4. The minimum atomic E-state index is -3.24. The zero-order valence-electron chi connectivity index (χ0n) is 8.78. The molecule has 0 radical (unpaired) electrons. The smallest absolute Gasteiger partial charge is 0.329 e. The lowest BCUT2D eigenvalue weighted by Gasteiger charge is -2.28. The Labute approximate surface area is 92.2 Å². The van der Waals surface area contributed by atoms with Crippen molar-refractivity contribution in [2.75, 3.05) is 13.1 Å². The van der Waals surface area contributed by atoms with Gasteiger partial charge in [-0.2, -0.15) is 8.78 Å². The molecule has 0 aromatic heterocycles. The van der Waals surface area contributed by atoms with Gasteiger partial charge in [-0.25, -0.2) is 0 Å². The Bertz CT molecular complexity index is 169. The van der Waals surface area contributed by atoms with E-state index < -0.39 is 10.4 Å². The van der Waals surface area contributed by atoms with Crippen LogP contribution in [-0.4, -0.2) is 28.6 Å². The number of hydrogen-bond acceptors (Lipinski definition) is 2. The van der Waals surface area contributed by atoms with E-state index in [0.717, 1.165) is 13.5 Å². The Hall–Kier alpha value is 0.260. The largest absolute Gasteiger partial charge is 0.383 e. The van der Waals surface area contributed by atoms with Gasteiger partial charge in [-0.3, -0.25) is 0 Å². The van der Waals surface area contributed by atoms with Gasteiger partial charge in [0.15, 0.2) is 0 Å². The molecular weight excluding hydrogens is 256 g/mol. The molecule has 0 amide bonds. The molecule has 0 aliphatic carbocycles. The summed E-state index contributed by atoms with van der Waals surface area (Å²) in [5, 5.41) is 12.4. The van der Waals surface area contributed by atoms with Crippen LogP contribution in [0.25, 0.3) is 0 Å². The molecule has 0 aliphatic rings. The zero-order chi connectivity index (χ0) is 11.4. The maximum atomic E-state index is 12.7. The Morgan fingerprint density at radius 1 is 1.43 bits per heavy atom. The van der Waals surface area contributed by atoms with Crippen LogP contribution in [0.3, 0.4) is 0 Å². The summed E-state index contributed by atoms with van der Waals surface area (Å²) in [4.78, 5) is -3.24. The van der Waals surface area contributed by atoms with Crippen LogP contribution in [0.5, 0.6) is 0 Å². The second-order valence-electron chi connectivity index (χ2n) is 4.12. The average Bonchev–Trinajstić information content (AvgIpc) is 1.95.